The lowest BCUT2D eigenvalue weighted by Gasteiger charge is -2.48. The van der Waals surface area contributed by atoms with Gasteiger partial charge in [-0.1, -0.05) is 27.7 Å². The van der Waals surface area contributed by atoms with E-state index >= 15 is 0 Å². The van der Waals surface area contributed by atoms with Crippen molar-refractivity contribution in [2.75, 3.05) is 21.2 Å². The summed E-state index contributed by atoms with van der Waals surface area (Å²) in [5.41, 5.74) is -0.930. The second kappa shape index (κ2) is 15.7. The van der Waals surface area contributed by atoms with Crippen molar-refractivity contribution in [1.29, 1.82) is 0 Å². The molecule has 0 saturated carbocycles. The molecule has 4 heterocycles. The Bertz CT molecular complexity index is 1170. The molecule has 3 N–H and O–H groups in total. The zero-order valence-electron chi connectivity index (χ0n) is 32.0. The molecular formula is C37H65NO11. The topological polar surface area (TPSA) is 146 Å². The minimum Gasteiger partial charge on any atom is -0.489 e. The highest BCUT2D eigenvalue weighted by Gasteiger charge is 2.55. The average molecular weight is 700 g/mol. The van der Waals surface area contributed by atoms with Gasteiger partial charge in [-0.05, 0) is 74.1 Å². The molecule has 12 nitrogen and oxygen atoms in total. The first kappa shape index (κ1) is 40.4. The van der Waals surface area contributed by atoms with Gasteiger partial charge in [-0.3, -0.25) is 4.79 Å². The van der Waals surface area contributed by atoms with Crippen molar-refractivity contribution in [1.82, 2.24) is 4.90 Å². The number of fused-ring (bicyclic) bond motifs is 2. The highest BCUT2D eigenvalue weighted by Crippen LogP contribution is 2.47. The summed E-state index contributed by atoms with van der Waals surface area (Å²) >= 11 is 0. The number of cyclic esters (lactones) is 1. The van der Waals surface area contributed by atoms with Gasteiger partial charge in [0.2, 0.25) is 0 Å². The molecular weight excluding hydrogens is 634 g/mol. The van der Waals surface area contributed by atoms with Gasteiger partial charge >= 0.3 is 5.97 Å². The fourth-order valence-corrected chi connectivity index (χ4v) is 8.67. The summed E-state index contributed by atoms with van der Waals surface area (Å²) in [7, 11) is 5.40. The molecule has 49 heavy (non-hydrogen) atoms. The minimum absolute atomic E-state index is 0.183. The molecule has 17 atom stereocenters. The van der Waals surface area contributed by atoms with Crippen molar-refractivity contribution in [2.24, 2.45) is 23.7 Å². The Morgan fingerprint density at radius 3 is 2.18 bits per heavy atom. The molecule has 3 saturated heterocycles. The van der Waals surface area contributed by atoms with Crippen LogP contribution in [0.15, 0.2) is 11.3 Å². The van der Waals surface area contributed by atoms with Crippen molar-refractivity contribution in [3.05, 3.63) is 11.3 Å². The number of likely N-dealkylation sites (N-methyl/N-ethyl adjacent to an activating group) is 1. The highest BCUT2D eigenvalue weighted by molar-refractivity contribution is 5.73. The number of rotatable bonds is 7. The van der Waals surface area contributed by atoms with E-state index in [0.29, 0.717) is 25.0 Å². The molecule has 4 aliphatic rings. The number of ether oxygens (including phenoxy) is 7. The van der Waals surface area contributed by atoms with Gasteiger partial charge in [-0.25, -0.2) is 0 Å². The van der Waals surface area contributed by atoms with Gasteiger partial charge in [-0.15, -0.1) is 0 Å². The summed E-state index contributed by atoms with van der Waals surface area (Å²) in [6.07, 6.45) is -5.56. The van der Waals surface area contributed by atoms with Crippen LogP contribution >= 0.6 is 0 Å². The van der Waals surface area contributed by atoms with E-state index in [1.165, 1.54) is 0 Å². The zero-order valence-corrected chi connectivity index (χ0v) is 32.0. The second-order valence-corrected chi connectivity index (χ2v) is 16.1. The molecule has 0 aromatic rings. The molecule has 3 fully saturated rings. The Balaban J connectivity index is 1.82. The Labute approximate surface area is 293 Å². The largest absolute Gasteiger partial charge is 0.489 e. The summed E-state index contributed by atoms with van der Waals surface area (Å²) in [6, 6.07) is -0.203. The molecule has 8 unspecified atom stereocenters. The minimum atomic E-state index is -0.989. The Hall–Kier alpha value is -1.35. The first-order valence-corrected chi connectivity index (χ1v) is 18.2. The monoisotopic (exact) mass is 699 g/mol. The molecule has 12 heteroatoms. The molecule has 4 aliphatic heterocycles. The molecule has 2 bridgehead atoms. The molecule has 0 aliphatic carbocycles. The number of carbonyl (C=O) groups excluding carboxylic acids is 1. The first-order chi connectivity index (χ1) is 22.8. The van der Waals surface area contributed by atoms with Gasteiger partial charge in [-0.2, -0.15) is 0 Å². The van der Waals surface area contributed by atoms with Crippen LogP contribution in [0.25, 0.3) is 0 Å². The number of aliphatic hydroxyl groups is 3. The highest BCUT2D eigenvalue weighted by atomic mass is 16.7. The molecule has 0 radical (unpaired) electrons. The molecule has 0 aromatic carbocycles. The van der Waals surface area contributed by atoms with Crippen molar-refractivity contribution in [3.63, 3.8) is 0 Å². The fraction of sp³-hybridized carbons (Fsp3) is 0.919. The SMILES string of the molecule is CC[C@H]1OC(=O)[C@H](C)[C@@H](OC2CC(C)(OC)C(O)C(C)O2)[C@H](C)[C@@H](OC2OC(C)CC(N(C)C)C2O)[C@]2(C)CC(C)=C(O2)[C@H](C)[C@@H](O)[C@H]1C. The van der Waals surface area contributed by atoms with Crippen LogP contribution in [0.3, 0.4) is 0 Å². The van der Waals surface area contributed by atoms with E-state index in [1.807, 2.05) is 74.4 Å². The van der Waals surface area contributed by atoms with E-state index in [4.69, 9.17) is 33.2 Å². The van der Waals surface area contributed by atoms with Crippen molar-refractivity contribution in [2.45, 2.75) is 174 Å². The summed E-state index contributed by atoms with van der Waals surface area (Å²) < 4.78 is 45.0. The number of aliphatic hydroxyl groups excluding tert-OH is 3. The smallest absolute Gasteiger partial charge is 0.311 e. The third kappa shape index (κ3) is 8.18. The van der Waals surface area contributed by atoms with E-state index in [9.17, 15) is 20.1 Å². The van der Waals surface area contributed by atoms with Crippen LogP contribution in [-0.2, 0) is 38.0 Å². The standard InChI is InChI=1S/C37H65NO11/c1-14-26-20(4)28(39)21(5)30-18(2)16-37(10,49-30)33(48-35-29(40)25(38(11)12)15-19(3)44-35)22(6)31(23(7)34(42)46-26)47-27-17-36(9,43-13)32(41)24(8)45-27/h19-29,31-33,35,39-41H,14-17H2,1-13H3/t19?,20-,21+,22-,23+,24?,25?,26+,27?,28-,29?,31-,32?,33+,35?,36?,37-/m0/s1. The maximum absolute atomic E-state index is 14.1. The van der Waals surface area contributed by atoms with Crippen molar-refractivity contribution in [3.8, 4) is 0 Å². The van der Waals surface area contributed by atoms with Gasteiger partial charge in [0, 0.05) is 43.7 Å². The predicted molar refractivity (Wildman–Crippen MR) is 182 cm³/mol. The lowest BCUT2D eigenvalue weighted by atomic mass is 9.79. The van der Waals surface area contributed by atoms with Crippen LogP contribution in [0, 0.1) is 23.7 Å². The second-order valence-electron chi connectivity index (χ2n) is 16.1. The quantitative estimate of drug-likeness (QED) is 0.333. The van der Waals surface area contributed by atoms with Crippen LogP contribution in [0.4, 0.5) is 0 Å². The lowest BCUT2D eigenvalue weighted by molar-refractivity contribution is -0.316. The van der Waals surface area contributed by atoms with Crippen LogP contribution in [0.1, 0.15) is 94.9 Å². The summed E-state index contributed by atoms with van der Waals surface area (Å²) in [5.74, 6) is -1.87. The fourth-order valence-electron chi connectivity index (χ4n) is 8.67. The molecule has 0 aromatic heterocycles. The molecule has 4 rings (SSSR count). The Kier molecular flexibility index (Phi) is 13.0. The van der Waals surface area contributed by atoms with E-state index < -0.39 is 84.3 Å². The molecule has 0 spiro atoms. The predicted octanol–water partition coefficient (Wildman–Crippen LogP) is 3.78. The van der Waals surface area contributed by atoms with Crippen LogP contribution < -0.4 is 0 Å². The third-order valence-corrected chi connectivity index (χ3v) is 11.9. The maximum atomic E-state index is 14.1. The van der Waals surface area contributed by atoms with E-state index in [1.54, 1.807) is 21.0 Å². The first-order valence-electron chi connectivity index (χ1n) is 18.2. The van der Waals surface area contributed by atoms with E-state index in [2.05, 4.69) is 0 Å². The van der Waals surface area contributed by atoms with Crippen molar-refractivity contribution >= 4 is 5.97 Å². The van der Waals surface area contributed by atoms with Gasteiger partial charge in [0.25, 0.3) is 0 Å². The summed E-state index contributed by atoms with van der Waals surface area (Å²) in [6.45, 7) is 19.0. The zero-order chi connectivity index (χ0) is 36.7. The van der Waals surface area contributed by atoms with Crippen LogP contribution in [0.2, 0.25) is 0 Å². The normalized spacial score (nSPS) is 48.8. The molecule has 0 amide bonds. The Morgan fingerprint density at radius 2 is 1.59 bits per heavy atom. The number of nitrogens with zero attached hydrogens (tertiary/aromatic N) is 1. The maximum Gasteiger partial charge on any atom is 0.311 e. The van der Waals surface area contributed by atoms with E-state index in [-0.39, 0.29) is 30.4 Å². The number of methoxy groups -OCH3 is 1. The van der Waals surface area contributed by atoms with Crippen LogP contribution in [0.5, 0.6) is 0 Å². The number of hydrogen-bond acceptors (Lipinski definition) is 12. The number of esters is 1. The number of hydrogen-bond donors (Lipinski definition) is 3. The average Bonchev–Trinajstić information content (AvgIpc) is 3.36. The van der Waals surface area contributed by atoms with Crippen molar-refractivity contribution < 1.29 is 53.3 Å². The van der Waals surface area contributed by atoms with Gasteiger partial charge in [0.1, 0.15) is 35.8 Å². The van der Waals surface area contributed by atoms with E-state index in [0.717, 1.165) is 5.57 Å². The third-order valence-electron chi connectivity index (χ3n) is 11.9. The Morgan fingerprint density at radius 1 is 0.939 bits per heavy atom. The van der Waals surface area contributed by atoms with Gasteiger partial charge in [0.15, 0.2) is 12.6 Å². The van der Waals surface area contributed by atoms with Crippen LogP contribution in [-0.4, -0.2) is 126 Å². The summed E-state index contributed by atoms with van der Waals surface area (Å²) in [5, 5.41) is 34.1. The lowest BCUT2D eigenvalue weighted by Crippen LogP contribution is -2.60. The number of carbonyl (C=O) groups is 1. The van der Waals surface area contributed by atoms with Gasteiger partial charge in [0.05, 0.1) is 35.9 Å². The molecule has 284 valence electrons. The van der Waals surface area contributed by atoms with Gasteiger partial charge < -0.3 is 53.4 Å². The summed E-state index contributed by atoms with van der Waals surface area (Å²) in [4.78, 5) is 16.1.